The molecule has 0 N–H and O–H groups in total. The Morgan fingerprint density at radius 2 is 1.73 bits per heavy atom. The van der Waals surface area contributed by atoms with Gasteiger partial charge in [0.05, 0.1) is 42.2 Å². The van der Waals surface area contributed by atoms with E-state index in [4.69, 9.17) is 30.5 Å². The fourth-order valence-electron chi connectivity index (χ4n) is 5.03. The van der Waals surface area contributed by atoms with E-state index in [0.29, 0.717) is 61.6 Å². The minimum atomic E-state index is -0.899. The van der Waals surface area contributed by atoms with Gasteiger partial charge < -0.3 is 23.7 Å². The first-order chi connectivity index (χ1) is 23.1. The number of carbonyl (C=O) groups excluding carboxylic acids is 2. The molecule has 1 aliphatic rings. The quantitative estimate of drug-likeness (QED) is 0.168. The fourth-order valence-corrected chi connectivity index (χ4v) is 6.51. The minimum absolute atomic E-state index is 0.134. The van der Waals surface area contributed by atoms with E-state index in [0.717, 1.165) is 10.0 Å². The monoisotopic (exact) mass is 754 g/mol. The number of benzene rings is 3. The third-order valence-corrected chi connectivity index (χ3v) is 8.99. The van der Waals surface area contributed by atoms with Gasteiger partial charge >= 0.3 is 11.9 Å². The Morgan fingerprint density at radius 1 is 0.979 bits per heavy atom. The molecule has 5 rings (SSSR count). The van der Waals surface area contributed by atoms with Gasteiger partial charge in [0.15, 0.2) is 22.9 Å². The predicted octanol–water partition coefficient (Wildman–Crippen LogP) is 5.74. The van der Waals surface area contributed by atoms with Crippen LogP contribution in [0.25, 0.3) is 6.08 Å². The van der Waals surface area contributed by atoms with Gasteiger partial charge in [0.25, 0.3) is 5.56 Å². The summed E-state index contributed by atoms with van der Waals surface area (Å²) in [6, 6.07) is 17.1. The van der Waals surface area contributed by atoms with Crippen molar-refractivity contribution in [3.8, 4) is 17.2 Å². The number of hydrogen-bond acceptors (Lipinski definition) is 10. The number of allylic oxidation sites excluding steroid dienone is 1. The van der Waals surface area contributed by atoms with Crippen LogP contribution in [0.3, 0.4) is 0 Å². The number of halogens is 2. The highest BCUT2D eigenvalue weighted by molar-refractivity contribution is 9.10. The number of hydrogen-bond donors (Lipinski definition) is 0. The van der Waals surface area contributed by atoms with Crippen molar-refractivity contribution in [1.29, 1.82) is 0 Å². The summed E-state index contributed by atoms with van der Waals surface area (Å²) in [6.45, 7) is 5.64. The van der Waals surface area contributed by atoms with Gasteiger partial charge in [-0.1, -0.05) is 57.1 Å². The highest BCUT2D eigenvalue weighted by Gasteiger charge is 2.34. The summed E-state index contributed by atoms with van der Waals surface area (Å²) in [7, 11) is 1.27. The molecule has 4 aromatic rings. The fraction of sp³-hybridized carbons (Fsp3) is 0.257. The lowest BCUT2D eigenvalue weighted by atomic mass is 9.95. The predicted molar refractivity (Wildman–Crippen MR) is 185 cm³/mol. The zero-order valence-corrected chi connectivity index (χ0v) is 29.7. The Kier molecular flexibility index (Phi) is 11.4. The standard InChI is InChI=1S/C35H32BrClN2O8S/c1-5-44-28-16-22(9-13-27(28)47-19-30(40)43-4)32-31(34(42)45-6-2)20(3)38-35-39(32)33(41)29(48-35)17-23-15-25(37)12-14-26(23)46-18-21-7-10-24(36)11-8-21/h7-17,32H,5-6,18-19H2,1-4H3/b29-17+/t32-/m1/s1. The second kappa shape index (κ2) is 15.7. The van der Waals surface area contributed by atoms with Gasteiger partial charge in [-0.2, -0.15) is 0 Å². The van der Waals surface area contributed by atoms with Gasteiger partial charge in [-0.15, -0.1) is 0 Å². The smallest absolute Gasteiger partial charge is 0.343 e. The van der Waals surface area contributed by atoms with Crippen molar-refractivity contribution < 1.29 is 33.3 Å². The summed E-state index contributed by atoms with van der Waals surface area (Å²) in [5, 5.41) is 0.473. The molecule has 0 amide bonds. The van der Waals surface area contributed by atoms with Crippen LogP contribution in [0.4, 0.5) is 0 Å². The number of fused-ring (bicyclic) bond motifs is 1. The van der Waals surface area contributed by atoms with E-state index in [-0.39, 0.29) is 24.3 Å². The van der Waals surface area contributed by atoms with Crippen molar-refractivity contribution in [3.05, 3.63) is 118 Å². The van der Waals surface area contributed by atoms with Crippen molar-refractivity contribution in [1.82, 2.24) is 4.57 Å². The molecule has 1 atom stereocenters. The first kappa shape index (κ1) is 34.9. The van der Waals surface area contributed by atoms with Gasteiger partial charge in [0.1, 0.15) is 12.4 Å². The molecular weight excluding hydrogens is 724 g/mol. The number of carbonyl (C=O) groups is 2. The number of thiazole rings is 1. The third kappa shape index (κ3) is 7.83. The lowest BCUT2D eigenvalue weighted by molar-refractivity contribution is -0.143. The molecule has 0 bridgehead atoms. The normalized spacial score (nSPS) is 14.2. The zero-order valence-electron chi connectivity index (χ0n) is 26.6. The SMILES string of the molecule is CCOC(=O)C1=C(C)N=c2s/c(=C/c3cc(Cl)ccc3OCc3ccc(Br)cc3)c(=O)n2[C@@H]1c1ccc(OCC(=O)OC)c(OCC)c1. The molecule has 1 aromatic heterocycles. The van der Waals surface area contributed by atoms with E-state index >= 15 is 0 Å². The molecule has 0 saturated carbocycles. The Bertz CT molecular complexity index is 2060. The molecule has 1 aliphatic heterocycles. The zero-order chi connectivity index (χ0) is 34.4. The highest BCUT2D eigenvalue weighted by atomic mass is 79.9. The molecule has 250 valence electrons. The van der Waals surface area contributed by atoms with Gasteiger partial charge in [-0.05, 0) is 80.4 Å². The maximum absolute atomic E-state index is 14.3. The summed E-state index contributed by atoms with van der Waals surface area (Å²) < 4.78 is 30.5. The molecular formula is C35H32BrClN2O8S. The third-order valence-electron chi connectivity index (χ3n) is 7.24. The van der Waals surface area contributed by atoms with Crippen LogP contribution in [0.2, 0.25) is 5.02 Å². The molecule has 0 radical (unpaired) electrons. The average Bonchev–Trinajstić information content (AvgIpc) is 3.37. The molecule has 0 saturated heterocycles. The summed E-state index contributed by atoms with van der Waals surface area (Å²) in [5.74, 6) is 0.00895. The molecule has 13 heteroatoms. The average molecular weight is 756 g/mol. The largest absolute Gasteiger partial charge is 0.490 e. The Morgan fingerprint density at radius 3 is 2.44 bits per heavy atom. The number of aromatic nitrogens is 1. The van der Waals surface area contributed by atoms with Gasteiger partial charge in [0.2, 0.25) is 0 Å². The van der Waals surface area contributed by atoms with E-state index in [2.05, 4.69) is 25.7 Å². The molecule has 3 aromatic carbocycles. The van der Waals surface area contributed by atoms with Crippen molar-refractivity contribution in [2.45, 2.75) is 33.4 Å². The van der Waals surface area contributed by atoms with Crippen LogP contribution in [-0.4, -0.2) is 43.4 Å². The topological polar surface area (TPSA) is 115 Å². The van der Waals surface area contributed by atoms with Crippen LogP contribution < -0.4 is 29.1 Å². The van der Waals surface area contributed by atoms with E-state index in [1.165, 1.54) is 23.0 Å². The maximum Gasteiger partial charge on any atom is 0.343 e. The first-order valence-corrected chi connectivity index (χ1v) is 16.9. The number of ether oxygens (including phenoxy) is 5. The molecule has 0 fully saturated rings. The summed E-state index contributed by atoms with van der Waals surface area (Å²) in [4.78, 5) is 44.4. The van der Waals surface area contributed by atoms with Crippen LogP contribution in [-0.2, 0) is 25.7 Å². The van der Waals surface area contributed by atoms with Gasteiger partial charge in [-0.25, -0.2) is 14.6 Å². The van der Waals surface area contributed by atoms with E-state index in [1.54, 1.807) is 63.2 Å². The van der Waals surface area contributed by atoms with Gasteiger partial charge in [-0.3, -0.25) is 9.36 Å². The Hall–Kier alpha value is -4.39. The second-order valence-electron chi connectivity index (χ2n) is 10.4. The van der Waals surface area contributed by atoms with Crippen molar-refractivity contribution in [2.75, 3.05) is 26.9 Å². The molecule has 10 nitrogen and oxygen atoms in total. The van der Waals surface area contributed by atoms with E-state index in [1.807, 2.05) is 24.3 Å². The second-order valence-corrected chi connectivity index (χ2v) is 12.8. The van der Waals surface area contributed by atoms with E-state index in [9.17, 15) is 14.4 Å². The molecule has 48 heavy (non-hydrogen) atoms. The summed E-state index contributed by atoms with van der Waals surface area (Å²) in [5.41, 5.74) is 2.37. The highest BCUT2D eigenvalue weighted by Crippen LogP contribution is 2.36. The molecule has 0 unspecified atom stereocenters. The van der Waals surface area contributed by atoms with Crippen LogP contribution in [0.1, 0.15) is 43.5 Å². The lowest BCUT2D eigenvalue weighted by Gasteiger charge is -2.25. The first-order valence-electron chi connectivity index (χ1n) is 15.0. The molecule has 0 aliphatic carbocycles. The Labute approximate surface area is 294 Å². The van der Waals surface area contributed by atoms with Crippen LogP contribution in [0, 0.1) is 0 Å². The van der Waals surface area contributed by atoms with Crippen molar-refractivity contribution in [2.24, 2.45) is 4.99 Å². The van der Waals surface area contributed by atoms with Crippen molar-refractivity contribution in [3.63, 3.8) is 0 Å². The number of methoxy groups -OCH3 is 1. The lowest BCUT2D eigenvalue weighted by Crippen LogP contribution is -2.40. The summed E-state index contributed by atoms with van der Waals surface area (Å²) >= 11 is 11.0. The molecule has 2 heterocycles. The van der Waals surface area contributed by atoms with Crippen molar-refractivity contribution >= 4 is 56.9 Å². The minimum Gasteiger partial charge on any atom is -0.490 e. The number of nitrogens with zero attached hydrogens (tertiary/aromatic N) is 2. The Balaban J connectivity index is 1.61. The number of rotatable bonds is 12. The molecule has 0 spiro atoms. The summed E-state index contributed by atoms with van der Waals surface area (Å²) in [6.07, 6.45) is 1.71. The van der Waals surface area contributed by atoms with Crippen LogP contribution in [0.5, 0.6) is 17.2 Å². The van der Waals surface area contributed by atoms with Gasteiger partial charge in [0, 0.05) is 15.1 Å². The van der Waals surface area contributed by atoms with E-state index < -0.39 is 18.0 Å². The maximum atomic E-state index is 14.3. The van der Waals surface area contributed by atoms with Crippen LogP contribution >= 0.6 is 38.9 Å². The van der Waals surface area contributed by atoms with Crippen LogP contribution in [0.15, 0.2) is 86.2 Å². The number of esters is 2.